The van der Waals surface area contributed by atoms with Crippen LogP contribution in [0.1, 0.15) is 16.7 Å². The molecule has 1 aliphatic heterocycles. The Morgan fingerprint density at radius 2 is 1.88 bits per heavy atom. The molecule has 0 radical (unpaired) electrons. The number of aryl methyl sites for hydroxylation is 1. The largest absolute Gasteiger partial charge is 0.342 e. The van der Waals surface area contributed by atoms with Crippen LogP contribution in [0.25, 0.3) is 17.0 Å². The Kier molecular flexibility index (Phi) is 5.37. The van der Waals surface area contributed by atoms with Gasteiger partial charge in [0.05, 0.1) is 10.6 Å². The molecule has 1 N–H and O–H groups in total. The number of benzene rings is 3. The number of thioether (sulfide) groups is 1. The Morgan fingerprint density at radius 3 is 2.69 bits per heavy atom. The monoisotopic (exact) mass is 441 g/mol. The molecule has 0 spiro atoms. The van der Waals surface area contributed by atoms with Crippen molar-refractivity contribution in [3.63, 3.8) is 0 Å². The van der Waals surface area contributed by atoms with Crippen molar-refractivity contribution in [3.05, 3.63) is 106 Å². The summed E-state index contributed by atoms with van der Waals surface area (Å²) in [4.78, 5) is 17.5. The summed E-state index contributed by atoms with van der Waals surface area (Å²) in [5.41, 5.74) is 5.14. The number of nitrogens with zero attached hydrogens (tertiary/aromatic N) is 2. The predicted molar refractivity (Wildman–Crippen MR) is 129 cm³/mol. The first-order chi connectivity index (χ1) is 15.5. The number of amidine groups is 1. The maximum absolute atomic E-state index is 13.1. The highest BCUT2D eigenvalue weighted by Gasteiger charge is 2.24. The molecule has 5 rings (SSSR count). The van der Waals surface area contributed by atoms with Crippen molar-refractivity contribution < 1.29 is 9.18 Å². The van der Waals surface area contributed by atoms with E-state index in [1.807, 2.05) is 18.2 Å². The van der Waals surface area contributed by atoms with E-state index >= 15 is 0 Å². The van der Waals surface area contributed by atoms with Crippen LogP contribution in [-0.4, -0.2) is 15.6 Å². The van der Waals surface area contributed by atoms with E-state index in [4.69, 9.17) is 0 Å². The lowest BCUT2D eigenvalue weighted by atomic mass is 10.1. The van der Waals surface area contributed by atoms with Gasteiger partial charge in [-0.3, -0.25) is 4.79 Å². The van der Waals surface area contributed by atoms with E-state index in [0.29, 0.717) is 15.8 Å². The van der Waals surface area contributed by atoms with Gasteiger partial charge in [-0.1, -0.05) is 48.0 Å². The number of carbonyl (C=O) groups excluding carboxylic acids is 1. The lowest BCUT2D eigenvalue weighted by molar-refractivity contribution is -0.115. The highest BCUT2D eigenvalue weighted by atomic mass is 32.2. The third kappa shape index (κ3) is 4.22. The highest BCUT2D eigenvalue weighted by molar-refractivity contribution is 8.18. The first kappa shape index (κ1) is 20.3. The topological polar surface area (TPSA) is 46.4 Å². The molecule has 6 heteroatoms. The Hall–Kier alpha value is -3.64. The number of aromatic nitrogens is 1. The van der Waals surface area contributed by atoms with E-state index in [1.54, 1.807) is 12.1 Å². The van der Waals surface area contributed by atoms with Crippen molar-refractivity contribution in [1.29, 1.82) is 0 Å². The Morgan fingerprint density at radius 1 is 1.06 bits per heavy atom. The van der Waals surface area contributed by atoms with E-state index in [9.17, 15) is 9.18 Å². The molecular formula is C26H20FN3OS. The quantitative estimate of drug-likeness (QED) is 0.393. The molecule has 3 aromatic carbocycles. The van der Waals surface area contributed by atoms with Crippen LogP contribution in [-0.2, 0) is 11.3 Å². The Bertz CT molecular complexity index is 1390. The first-order valence-electron chi connectivity index (χ1n) is 10.2. The minimum absolute atomic E-state index is 0.189. The van der Waals surface area contributed by atoms with E-state index < -0.39 is 0 Å². The fourth-order valence-corrected chi connectivity index (χ4v) is 4.62. The molecule has 1 aromatic heterocycles. The standard InChI is InChI=1S/C26H20FN3OS/c1-17-5-4-6-18(13-17)15-30-16-19(22-7-2-3-8-23(22)30)14-24-25(31)29-26(32-24)28-21-11-9-20(27)10-12-21/h2-14,16H,15H2,1H3,(H,28,29,31)/b24-14-. The molecule has 32 heavy (non-hydrogen) atoms. The summed E-state index contributed by atoms with van der Waals surface area (Å²) < 4.78 is 15.3. The van der Waals surface area contributed by atoms with Gasteiger partial charge in [-0.05, 0) is 60.7 Å². The fraction of sp³-hybridized carbons (Fsp3) is 0.0769. The average molecular weight is 442 g/mol. The second-order valence-corrected chi connectivity index (χ2v) is 8.71. The van der Waals surface area contributed by atoms with Gasteiger partial charge in [-0.2, -0.15) is 0 Å². The zero-order valence-electron chi connectivity index (χ0n) is 17.4. The van der Waals surface area contributed by atoms with E-state index in [1.165, 1.54) is 35.0 Å². The molecule has 1 fully saturated rings. The van der Waals surface area contributed by atoms with E-state index in [2.05, 4.69) is 64.4 Å². The third-order valence-electron chi connectivity index (χ3n) is 5.25. The van der Waals surface area contributed by atoms with Crippen molar-refractivity contribution in [3.8, 4) is 0 Å². The fourth-order valence-electron chi connectivity index (χ4n) is 3.78. The number of aliphatic imine (C=N–C) groups is 1. The molecule has 0 saturated carbocycles. The molecule has 1 saturated heterocycles. The van der Waals surface area contributed by atoms with Crippen LogP contribution in [0.5, 0.6) is 0 Å². The van der Waals surface area contributed by atoms with Gasteiger partial charge in [0.25, 0.3) is 5.91 Å². The van der Waals surface area contributed by atoms with Gasteiger partial charge in [0.2, 0.25) is 0 Å². The summed E-state index contributed by atoms with van der Waals surface area (Å²) in [6.45, 7) is 2.84. The predicted octanol–water partition coefficient (Wildman–Crippen LogP) is 6.03. The lowest BCUT2D eigenvalue weighted by Gasteiger charge is -2.06. The summed E-state index contributed by atoms with van der Waals surface area (Å²) in [5, 5.41) is 4.36. The van der Waals surface area contributed by atoms with E-state index in [-0.39, 0.29) is 11.7 Å². The summed E-state index contributed by atoms with van der Waals surface area (Å²) in [5.74, 6) is -0.508. The number of carbonyl (C=O) groups is 1. The van der Waals surface area contributed by atoms with Crippen LogP contribution in [0.3, 0.4) is 0 Å². The number of hydrogen-bond donors (Lipinski definition) is 1. The van der Waals surface area contributed by atoms with Gasteiger partial charge < -0.3 is 9.88 Å². The lowest BCUT2D eigenvalue weighted by Crippen LogP contribution is -2.19. The van der Waals surface area contributed by atoms with Gasteiger partial charge in [-0.25, -0.2) is 9.38 Å². The van der Waals surface area contributed by atoms with Crippen molar-refractivity contribution in [2.75, 3.05) is 0 Å². The van der Waals surface area contributed by atoms with Crippen LogP contribution < -0.4 is 5.32 Å². The maximum atomic E-state index is 13.1. The van der Waals surface area contributed by atoms with E-state index in [0.717, 1.165) is 23.0 Å². The average Bonchev–Trinajstić information content (AvgIpc) is 3.30. The second-order valence-electron chi connectivity index (χ2n) is 7.68. The normalized spacial score (nSPS) is 16.2. The number of rotatable bonds is 4. The summed E-state index contributed by atoms with van der Waals surface area (Å²) in [6, 6.07) is 22.5. The minimum atomic E-state index is -0.320. The van der Waals surface area contributed by atoms with Gasteiger partial charge >= 0.3 is 0 Å². The van der Waals surface area contributed by atoms with Gasteiger partial charge in [-0.15, -0.1) is 0 Å². The molecule has 1 aliphatic rings. The molecule has 4 nitrogen and oxygen atoms in total. The van der Waals surface area contributed by atoms with Crippen molar-refractivity contribution in [2.45, 2.75) is 13.5 Å². The molecule has 4 aromatic rings. The van der Waals surface area contributed by atoms with Crippen molar-refractivity contribution >= 4 is 45.5 Å². The molecule has 0 bridgehead atoms. The summed E-state index contributed by atoms with van der Waals surface area (Å²) in [6.07, 6.45) is 3.99. The van der Waals surface area contributed by atoms with Crippen LogP contribution in [0.2, 0.25) is 0 Å². The van der Waals surface area contributed by atoms with Crippen LogP contribution in [0.15, 0.2) is 88.9 Å². The molecule has 0 unspecified atom stereocenters. The Labute approximate surface area is 189 Å². The zero-order valence-corrected chi connectivity index (χ0v) is 18.2. The first-order valence-corrected chi connectivity index (χ1v) is 11.1. The molecular weight excluding hydrogens is 421 g/mol. The second kappa shape index (κ2) is 8.48. The Balaban J connectivity index is 1.47. The summed E-state index contributed by atoms with van der Waals surface area (Å²) in [7, 11) is 0. The van der Waals surface area contributed by atoms with Gasteiger partial charge in [0.15, 0.2) is 5.17 Å². The number of fused-ring (bicyclic) bond motifs is 1. The van der Waals surface area contributed by atoms with Gasteiger partial charge in [0.1, 0.15) is 5.82 Å². The molecule has 2 heterocycles. The zero-order chi connectivity index (χ0) is 22.1. The minimum Gasteiger partial charge on any atom is -0.342 e. The van der Waals surface area contributed by atoms with Crippen LogP contribution >= 0.6 is 11.8 Å². The smallest absolute Gasteiger partial charge is 0.264 e. The third-order valence-corrected chi connectivity index (χ3v) is 6.16. The molecule has 0 aliphatic carbocycles. The SMILES string of the molecule is Cc1cccc(Cn2cc(/C=C3\SC(=Nc4ccc(F)cc4)NC3=O)c3ccccc32)c1. The number of hydrogen-bond acceptors (Lipinski definition) is 3. The van der Waals surface area contributed by atoms with Gasteiger partial charge in [0, 0.05) is 29.2 Å². The van der Waals surface area contributed by atoms with Crippen LogP contribution in [0.4, 0.5) is 10.1 Å². The maximum Gasteiger partial charge on any atom is 0.264 e. The molecule has 1 amide bonds. The molecule has 0 atom stereocenters. The number of para-hydroxylation sites is 1. The highest BCUT2D eigenvalue weighted by Crippen LogP contribution is 2.31. The summed E-state index contributed by atoms with van der Waals surface area (Å²) >= 11 is 1.28. The van der Waals surface area contributed by atoms with Crippen molar-refractivity contribution in [1.82, 2.24) is 9.88 Å². The van der Waals surface area contributed by atoms with Crippen LogP contribution in [0, 0.1) is 12.7 Å². The molecule has 158 valence electrons. The number of amides is 1. The number of halogens is 1. The number of nitrogens with one attached hydrogen (secondary N) is 1. The van der Waals surface area contributed by atoms with Crippen molar-refractivity contribution in [2.24, 2.45) is 4.99 Å².